The second kappa shape index (κ2) is 5.63. The Kier molecular flexibility index (Phi) is 4.15. The van der Waals surface area contributed by atoms with Crippen molar-refractivity contribution in [2.45, 2.75) is 25.3 Å². The van der Waals surface area contributed by atoms with Gasteiger partial charge in [-0.2, -0.15) is 0 Å². The van der Waals surface area contributed by atoms with Gasteiger partial charge in [0.1, 0.15) is 5.82 Å². The summed E-state index contributed by atoms with van der Waals surface area (Å²) in [4.78, 5) is 14.1. The van der Waals surface area contributed by atoms with Crippen LogP contribution >= 0.6 is 15.9 Å². The van der Waals surface area contributed by atoms with E-state index in [0.717, 1.165) is 31.1 Å². The lowest BCUT2D eigenvalue weighted by Gasteiger charge is -2.34. The molecule has 92 valence electrons. The van der Waals surface area contributed by atoms with Crippen LogP contribution in [0.2, 0.25) is 0 Å². The van der Waals surface area contributed by atoms with Gasteiger partial charge in [-0.25, -0.2) is 4.39 Å². The van der Waals surface area contributed by atoms with Crippen molar-refractivity contribution in [2.24, 2.45) is 0 Å². The summed E-state index contributed by atoms with van der Waals surface area (Å²) in [5, 5.41) is 0.786. The van der Waals surface area contributed by atoms with Crippen molar-refractivity contribution in [3.05, 3.63) is 35.6 Å². The molecule has 1 fully saturated rings. The third kappa shape index (κ3) is 2.86. The van der Waals surface area contributed by atoms with E-state index in [4.69, 9.17) is 0 Å². The van der Waals surface area contributed by atoms with Crippen molar-refractivity contribution < 1.29 is 9.18 Å². The van der Waals surface area contributed by atoms with Crippen molar-refractivity contribution in [1.29, 1.82) is 0 Å². The van der Waals surface area contributed by atoms with Crippen molar-refractivity contribution in [2.75, 3.05) is 11.9 Å². The Balaban J connectivity index is 2.18. The highest BCUT2D eigenvalue weighted by Gasteiger charge is 2.26. The summed E-state index contributed by atoms with van der Waals surface area (Å²) < 4.78 is 13.1. The van der Waals surface area contributed by atoms with E-state index in [1.54, 1.807) is 12.1 Å². The Labute approximate surface area is 109 Å². The zero-order chi connectivity index (χ0) is 12.3. The average Bonchev–Trinajstić information content (AvgIpc) is 2.38. The number of piperidine rings is 1. The minimum absolute atomic E-state index is 0.0614. The fraction of sp³-hybridized carbons (Fsp3) is 0.462. The summed E-state index contributed by atoms with van der Waals surface area (Å²) in [7, 11) is 0. The number of likely N-dealkylation sites (tertiary alicyclic amines) is 1. The Morgan fingerprint density at radius 2 is 2.29 bits per heavy atom. The van der Waals surface area contributed by atoms with Gasteiger partial charge in [0, 0.05) is 23.5 Å². The lowest BCUT2D eigenvalue weighted by molar-refractivity contribution is 0.0641. The molecule has 0 N–H and O–H groups in total. The smallest absolute Gasteiger partial charge is 0.254 e. The molecule has 4 heteroatoms. The van der Waals surface area contributed by atoms with Gasteiger partial charge >= 0.3 is 0 Å². The number of rotatable bonds is 2. The number of hydrogen-bond donors (Lipinski definition) is 0. The molecule has 1 saturated heterocycles. The maximum atomic E-state index is 13.1. The van der Waals surface area contributed by atoms with E-state index in [1.807, 2.05) is 4.90 Å². The van der Waals surface area contributed by atoms with Crippen molar-refractivity contribution in [3.8, 4) is 0 Å². The van der Waals surface area contributed by atoms with Gasteiger partial charge in [0.2, 0.25) is 0 Å². The standard InChI is InChI=1S/C13H15BrFNO/c14-9-12-6-1-2-7-16(12)13(17)10-4-3-5-11(15)8-10/h3-5,8,12H,1-2,6-7,9H2. The molecule has 1 heterocycles. The van der Waals surface area contributed by atoms with Crippen molar-refractivity contribution in [1.82, 2.24) is 4.90 Å². The first-order valence-corrected chi connectivity index (χ1v) is 6.97. The quantitative estimate of drug-likeness (QED) is 0.768. The zero-order valence-corrected chi connectivity index (χ0v) is 11.1. The number of carbonyl (C=O) groups is 1. The molecule has 1 aromatic carbocycles. The number of halogens is 2. The molecule has 0 saturated carbocycles. The van der Waals surface area contributed by atoms with Gasteiger partial charge in [-0.3, -0.25) is 4.79 Å². The van der Waals surface area contributed by atoms with E-state index in [0.29, 0.717) is 5.56 Å². The minimum Gasteiger partial charge on any atom is -0.335 e. The van der Waals surface area contributed by atoms with Gasteiger partial charge in [0.25, 0.3) is 5.91 Å². The highest BCUT2D eigenvalue weighted by Crippen LogP contribution is 2.21. The molecule has 2 nitrogen and oxygen atoms in total. The molecule has 1 amide bonds. The fourth-order valence-corrected chi connectivity index (χ4v) is 2.89. The summed E-state index contributed by atoms with van der Waals surface area (Å²) >= 11 is 3.44. The first kappa shape index (κ1) is 12.6. The zero-order valence-electron chi connectivity index (χ0n) is 9.53. The van der Waals surface area contributed by atoms with Gasteiger partial charge in [0.05, 0.1) is 0 Å². The molecule has 1 aliphatic rings. The number of amides is 1. The summed E-state index contributed by atoms with van der Waals surface area (Å²) in [5.74, 6) is -0.420. The Bertz CT molecular complexity index is 410. The SMILES string of the molecule is O=C(c1cccc(F)c1)N1CCCCC1CBr. The average molecular weight is 300 g/mol. The summed E-state index contributed by atoms with van der Waals surface area (Å²) in [5.41, 5.74) is 0.442. The van der Waals surface area contributed by atoms with Crippen LogP contribution in [-0.4, -0.2) is 28.7 Å². The van der Waals surface area contributed by atoms with E-state index in [2.05, 4.69) is 15.9 Å². The number of nitrogens with zero attached hydrogens (tertiary/aromatic N) is 1. The first-order chi connectivity index (χ1) is 8.22. The van der Waals surface area contributed by atoms with Gasteiger partial charge in [-0.1, -0.05) is 22.0 Å². The highest BCUT2D eigenvalue weighted by molar-refractivity contribution is 9.09. The lowest BCUT2D eigenvalue weighted by atomic mass is 10.0. The van der Waals surface area contributed by atoms with Crippen LogP contribution in [0.4, 0.5) is 4.39 Å². The lowest BCUT2D eigenvalue weighted by Crippen LogP contribution is -2.44. The molecule has 0 aliphatic carbocycles. The monoisotopic (exact) mass is 299 g/mol. The number of alkyl halides is 1. The van der Waals surface area contributed by atoms with Gasteiger partial charge < -0.3 is 4.90 Å². The van der Waals surface area contributed by atoms with Crippen LogP contribution in [0.3, 0.4) is 0 Å². The molecule has 17 heavy (non-hydrogen) atoms. The van der Waals surface area contributed by atoms with Crippen LogP contribution in [0.25, 0.3) is 0 Å². The second-order valence-electron chi connectivity index (χ2n) is 4.31. The predicted molar refractivity (Wildman–Crippen MR) is 68.9 cm³/mol. The molecule has 0 spiro atoms. The van der Waals surface area contributed by atoms with Crippen molar-refractivity contribution in [3.63, 3.8) is 0 Å². The van der Waals surface area contributed by atoms with E-state index in [9.17, 15) is 9.18 Å². The van der Waals surface area contributed by atoms with E-state index >= 15 is 0 Å². The van der Waals surface area contributed by atoms with Crippen LogP contribution in [0, 0.1) is 5.82 Å². The molecular formula is C13H15BrFNO. The second-order valence-corrected chi connectivity index (χ2v) is 4.96. The molecule has 1 atom stereocenters. The Morgan fingerprint density at radius 1 is 1.47 bits per heavy atom. The van der Waals surface area contributed by atoms with Crippen LogP contribution in [0.5, 0.6) is 0 Å². The molecule has 0 aromatic heterocycles. The topological polar surface area (TPSA) is 20.3 Å². The Hall–Kier alpha value is -0.900. The minimum atomic E-state index is -0.358. The van der Waals surface area contributed by atoms with Crippen molar-refractivity contribution >= 4 is 21.8 Å². The highest BCUT2D eigenvalue weighted by atomic mass is 79.9. The summed E-state index contributed by atoms with van der Waals surface area (Å²) in [6.45, 7) is 0.769. The predicted octanol–water partition coefficient (Wildman–Crippen LogP) is 3.22. The normalized spacial score (nSPS) is 20.4. The number of carbonyl (C=O) groups excluding carboxylic acids is 1. The maximum absolute atomic E-state index is 13.1. The summed E-state index contributed by atoms with van der Waals surface area (Å²) in [6.07, 6.45) is 3.21. The van der Waals surface area contributed by atoms with Crippen LogP contribution in [-0.2, 0) is 0 Å². The van der Waals surface area contributed by atoms with Gasteiger partial charge in [-0.15, -0.1) is 0 Å². The molecule has 1 unspecified atom stereocenters. The third-order valence-electron chi connectivity index (χ3n) is 3.14. The van der Waals surface area contributed by atoms with Crippen LogP contribution in [0.1, 0.15) is 29.6 Å². The maximum Gasteiger partial charge on any atom is 0.254 e. The molecule has 0 radical (unpaired) electrons. The van der Waals surface area contributed by atoms with E-state index < -0.39 is 0 Å². The molecule has 0 bridgehead atoms. The van der Waals surface area contributed by atoms with E-state index in [1.165, 1.54) is 12.1 Å². The number of benzene rings is 1. The summed E-state index contributed by atoms with van der Waals surface area (Å²) in [6, 6.07) is 6.15. The Morgan fingerprint density at radius 3 is 3.00 bits per heavy atom. The van der Waals surface area contributed by atoms with Gasteiger partial charge in [-0.05, 0) is 37.5 Å². The third-order valence-corrected chi connectivity index (χ3v) is 3.89. The molecule has 2 rings (SSSR count). The molecule has 1 aliphatic heterocycles. The molecule has 1 aromatic rings. The fourth-order valence-electron chi connectivity index (χ4n) is 2.22. The van der Waals surface area contributed by atoms with E-state index in [-0.39, 0.29) is 17.8 Å². The van der Waals surface area contributed by atoms with Gasteiger partial charge in [0.15, 0.2) is 0 Å². The van der Waals surface area contributed by atoms with Crippen LogP contribution in [0.15, 0.2) is 24.3 Å². The largest absolute Gasteiger partial charge is 0.335 e. The number of hydrogen-bond acceptors (Lipinski definition) is 1. The van der Waals surface area contributed by atoms with Crippen LogP contribution < -0.4 is 0 Å². The first-order valence-electron chi connectivity index (χ1n) is 5.85. The molecular weight excluding hydrogens is 285 g/mol.